The van der Waals surface area contributed by atoms with Crippen LogP contribution in [-0.4, -0.2) is 11.8 Å². The lowest BCUT2D eigenvalue weighted by molar-refractivity contribution is 0.0994. The number of furan rings is 1. The highest BCUT2D eigenvalue weighted by Crippen LogP contribution is 2.16. The van der Waals surface area contributed by atoms with Crippen LogP contribution in [0.3, 0.4) is 0 Å². The lowest BCUT2D eigenvalue weighted by atomic mass is 10.2. The van der Waals surface area contributed by atoms with E-state index >= 15 is 0 Å². The normalized spacial score (nSPS) is 10.2. The second-order valence-corrected chi connectivity index (χ2v) is 5.41. The summed E-state index contributed by atoms with van der Waals surface area (Å²) in [5, 5.41) is 6.05. The van der Waals surface area contributed by atoms with E-state index in [1.165, 1.54) is 6.26 Å². The zero-order chi connectivity index (χ0) is 16.9. The molecule has 0 aliphatic heterocycles. The van der Waals surface area contributed by atoms with E-state index < -0.39 is 0 Å². The Hall–Kier alpha value is -3.05. The highest BCUT2D eigenvalue weighted by molar-refractivity contribution is 6.30. The Morgan fingerprint density at radius 1 is 0.792 bits per heavy atom. The fraction of sp³-hybridized carbons (Fsp3) is 0. The number of rotatable bonds is 4. The first-order valence-corrected chi connectivity index (χ1v) is 7.51. The quantitative estimate of drug-likeness (QED) is 0.737. The lowest BCUT2D eigenvalue weighted by Crippen LogP contribution is -2.12. The topological polar surface area (TPSA) is 71.3 Å². The van der Waals surface area contributed by atoms with Crippen molar-refractivity contribution >= 4 is 34.8 Å². The summed E-state index contributed by atoms with van der Waals surface area (Å²) in [7, 11) is 0. The van der Waals surface area contributed by atoms with Gasteiger partial charge in [-0.15, -0.1) is 0 Å². The summed E-state index contributed by atoms with van der Waals surface area (Å²) in [6.45, 7) is 0. The molecule has 2 N–H and O–H groups in total. The van der Waals surface area contributed by atoms with Crippen molar-refractivity contribution in [3.05, 3.63) is 83.3 Å². The number of benzene rings is 2. The van der Waals surface area contributed by atoms with E-state index in [2.05, 4.69) is 10.6 Å². The van der Waals surface area contributed by atoms with Crippen LogP contribution in [-0.2, 0) is 0 Å². The fourth-order valence-corrected chi connectivity index (χ4v) is 2.17. The van der Waals surface area contributed by atoms with Gasteiger partial charge in [0, 0.05) is 22.0 Å². The first-order valence-electron chi connectivity index (χ1n) is 7.14. The number of nitrogens with one attached hydrogen (secondary N) is 2. The van der Waals surface area contributed by atoms with Crippen molar-refractivity contribution in [3.8, 4) is 0 Å². The molecule has 1 heterocycles. The maximum Gasteiger partial charge on any atom is 0.291 e. The number of hydrogen-bond acceptors (Lipinski definition) is 3. The molecule has 5 nitrogen and oxygen atoms in total. The molecule has 1 aromatic heterocycles. The molecule has 24 heavy (non-hydrogen) atoms. The van der Waals surface area contributed by atoms with Gasteiger partial charge in [0.15, 0.2) is 5.76 Å². The van der Waals surface area contributed by atoms with Crippen LogP contribution in [0.25, 0.3) is 0 Å². The van der Waals surface area contributed by atoms with Crippen LogP contribution in [0.4, 0.5) is 11.4 Å². The largest absolute Gasteiger partial charge is 0.459 e. The van der Waals surface area contributed by atoms with Crippen LogP contribution in [0.15, 0.2) is 71.3 Å². The van der Waals surface area contributed by atoms with E-state index in [-0.39, 0.29) is 17.6 Å². The number of carbonyl (C=O) groups excluding carboxylic acids is 2. The predicted molar refractivity (Wildman–Crippen MR) is 92.5 cm³/mol. The van der Waals surface area contributed by atoms with Crippen LogP contribution in [0.1, 0.15) is 20.9 Å². The third-order valence-corrected chi connectivity index (χ3v) is 3.50. The SMILES string of the molecule is O=C(Nc1ccc(NC(=O)c2ccco2)cc1)c1ccc(Cl)cc1. The van der Waals surface area contributed by atoms with Gasteiger partial charge >= 0.3 is 0 Å². The van der Waals surface area contributed by atoms with Gasteiger partial charge in [0.1, 0.15) is 0 Å². The molecule has 3 rings (SSSR count). The van der Waals surface area contributed by atoms with E-state index in [1.54, 1.807) is 60.7 Å². The molecule has 0 spiro atoms. The predicted octanol–water partition coefficient (Wildman–Crippen LogP) is 4.44. The zero-order valence-electron chi connectivity index (χ0n) is 12.5. The van der Waals surface area contributed by atoms with Gasteiger partial charge in [-0.3, -0.25) is 9.59 Å². The first-order chi connectivity index (χ1) is 11.6. The van der Waals surface area contributed by atoms with Crippen LogP contribution in [0, 0.1) is 0 Å². The summed E-state index contributed by atoms with van der Waals surface area (Å²) in [4.78, 5) is 24.0. The number of halogens is 1. The molecule has 0 aliphatic carbocycles. The molecule has 2 amide bonds. The van der Waals surface area contributed by atoms with Gasteiger partial charge in [-0.25, -0.2) is 0 Å². The maximum absolute atomic E-state index is 12.1. The summed E-state index contributed by atoms with van der Waals surface area (Å²) in [5.74, 6) is -0.341. The van der Waals surface area contributed by atoms with Crippen LogP contribution in [0.2, 0.25) is 5.02 Å². The standard InChI is InChI=1S/C18H13ClN2O3/c19-13-5-3-12(4-6-13)17(22)20-14-7-9-15(10-8-14)21-18(23)16-2-1-11-24-16/h1-11H,(H,20,22)(H,21,23). The number of anilines is 2. The molecular weight excluding hydrogens is 328 g/mol. The summed E-state index contributed by atoms with van der Waals surface area (Å²) in [6, 6.07) is 16.6. The van der Waals surface area contributed by atoms with Gasteiger partial charge in [-0.1, -0.05) is 11.6 Å². The van der Waals surface area contributed by atoms with E-state index in [0.717, 1.165) is 0 Å². The van der Waals surface area contributed by atoms with E-state index in [0.29, 0.717) is 22.0 Å². The van der Waals surface area contributed by atoms with Gasteiger partial charge in [0.2, 0.25) is 0 Å². The molecule has 2 aromatic carbocycles. The Morgan fingerprint density at radius 3 is 1.92 bits per heavy atom. The molecule has 0 atom stereocenters. The Bertz CT molecular complexity index is 841. The van der Waals surface area contributed by atoms with Gasteiger partial charge in [0.25, 0.3) is 11.8 Å². The third-order valence-electron chi connectivity index (χ3n) is 3.25. The van der Waals surface area contributed by atoms with Crippen molar-refractivity contribution in [3.63, 3.8) is 0 Å². The Kier molecular flexibility index (Phi) is 4.63. The third kappa shape index (κ3) is 3.83. The zero-order valence-corrected chi connectivity index (χ0v) is 13.2. The number of carbonyl (C=O) groups is 2. The highest BCUT2D eigenvalue weighted by atomic mass is 35.5. The summed E-state index contributed by atoms with van der Waals surface area (Å²) < 4.78 is 5.02. The van der Waals surface area contributed by atoms with Crippen LogP contribution < -0.4 is 10.6 Å². The van der Waals surface area contributed by atoms with Crippen molar-refractivity contribution < 1.29 is 14.0 Å². The molecule has 3 aromatic rings. The van der Waals surface area contributed by atoms with E-state index in [4.69, 9.17) is 16.0 Å². The molecule has 0 fully saturated rings. The molecule has 0 saturated heterocycles. The number of hydrogen-bond donors (Lipinski definition) is 2. The lowest BCUT2D eigenvalue weighted by Gasteiger charge is -2.07. The maximum atomic E-state index is 12.1. The average Bonchev–Trinajstić information content (AvgIpc) is 3.12. The highest BCUT2D eigenvalue weighted by Gasteiger charge is 2.09. The van der Waals surface area contributed by atoms with Gasteiger partial charge in [0.05, 0.1) is 6.26 Å². The molecule has 0 unspecified atom stereocenters. The Balaban J connectivity index is 1.63. The molecular formula is C18H13ClN2O3. The van der Waals surface area contributed by atoms with Crippen molar-refractivity contribution in [2.45, 2.75) is 0 Å². The molecule has 6 heteroatoms. The Morgan fingerprint density at radius 2 is 1.38 bits per heavy atom. The van der Waals surface area contributed by atoms with Gasteiger partial charge in [-0.2, -0.15) is 0 Å². The molecule has 120 valence electrons. The molecule has 0 aliphatic rings. The van der Waals surface area contributed by atoms with Gasteiger partial charge < -0.3 is 15.1 Å². The molecule has 0 radical (unpaired) electrons. The van der Waals surface area contributed by atoms with E-state index in [9.17, 15) is 9.59 Å². The van der Waals surface area contributed by atoms with Crippen molar-refractivity contribution in [2.75, 3.05) is 10.6 Å². The summed E-state index contributed by atoms with van der Waals surface area (Å²) in [5.41, 5.74) is 1.72. The smallest absolute Gasteiger partial charge is 0.291 e. The second kappa shape index (κ2) is 7.02. The van der Waals surface area contributed by atoms with Gasteiger partial charge in [-0.05, 0) is 60.7 Å². The summed E-state index contributed by atoms with van der Waals surface area (Å²) in [6.07, 6.45) is 1.43. The minimum absolute atomic E-state index is 0.232. The second-order valence-electron chi connectivity index (χ2n) is 4.97. The van der Waals surface area contributed by atoms with E-state index in [1.807, 2.05) is 0 Å². The van der Waals surface area contributed by atoms with Crippen LogP contribution >= 0.6 is 11.6 Å². The van der Waals surface area contributed by atoms with Crippen molar-refractivity contribution in [2.24, 2.45) is 0 Å². The average molecular weight is 341 g/mol. The van der Waals surface area contributed by atoms with Crippen molar-refractivity contribution in [1.29, 1.82) is 0 Å². The first kappa shape index (κ1) is 15.8. The minimum atomic E-state index is -0.335. The minimum Gasteiger partial charge on any atom is -0.459 e. The monoisotopic (exact) mass is 340 g/mol. The molecule has 0 bridgehead atoms. The van der Waals surface area contributed by atoms with Crippen LogP contribution in [0.5, 0.6) is 0 Å². The fourth-order valence-electron chi connectivity index (χ4n) is 2.04. The number of amides is 2. The molecule has 0 saturated carbocycles. The van der Waals surface area contributed by atoms with Crippen molar-refractivity contribution in [1.82, 2.24) is 0 Å². The Labute approximate surface area is 143 Å². The summed E-state index contributed by atoms with van der Waals surface area (Å²) >= 11 is 5.80.